The van der Waals surface area contributed by atoms with Crippen molar-refractivity contribution < 1.29 is 14.7 Å². The molecule has 0 atom stereocenters. The largest absolute Gasteiger partial charge is 0.395 e. The van der Waals surface area contributed by atoms with E-state index >= 15 is 0 Å². The minimum atomic E-state index is -0.370. The molecule has 2 aromatic rings. The molecule has 5 heteroatoms. The number of aliphatic hydroxyl groups excluding tert-OH is 1. The van der Waals surface area contributed by atoms with Crippen LogP contribution in [-0.4, -0.2) is 42.0 Å². The monoisotopic (exact) mass is 350 g/mol. The molecule has 0 spiro atoms. The number of carbonyl (C=O) groups is 2. The van der Waals surface area contributed by atoms with Crippen LogP contribution in [0, 0.1) is 13.8 Å². The lowest BCUT2D eigenvalue weighted by Gasteiger charge is -2.20. The molecule has 0 saturated heterocycles. The average Bonchev–Trinajstić information content (AvgIpc) is 2.89. The first-order valence-electron chi connectivity index (χ1n) is 8.53. The van der Waals surface area contributed by atoms with E-state index in [-0.39, 0.29) is 25.0 Å². The van der Waals surface area contributed by atoms with Gasteiger partial charge in [-0.3, -0.25) is 9.59 Å². The van der Waals surface area contributed by atoms with Crippen LogP contribution >= 0.6 is 0 Å². The maximum Gasteiger partial charge on any atom is 0.282 e. The molecule has 0 saturated carbocycles. The van der Waals surface area contributed by atoms with Gasteiger partial charge in [-0.15, -0.1) is 0 Å². The van der Waals surface area contributed by atoms with E-state index in [1.165, 1.54) is 4.90 Å². The van der Waals surface area contributed by atoms with Crippen molar-refractivity contribution >= 4 is 23.1 Å². The number of anilines is 1. The van der Waals surface area contributed by atoms with E-state index < -0.39 is 0 Å². The van der Waals surface area contributed by atoms with E-state index in [9.17, 15) is 14.7 Å². The summed E-state index contributed by atoms with van der Waals surface area (Å²) in [6.45, 7) is 4.15. The molecule has 0 fully saturated rings. The van der Waals surface area contributed by atoms with E-state index in [4.69, 9.17) is 0 Å². The first-order valence-corrected chi connectivity index (χ1v) is 8.53. The molecule has 1 heterocycles. The van der Waals surface area contributed by atoms with Crippen LogP contribution in [-0.2, 0) is 9.59 Å². The zero-order valence-electron chi connectivity index (χ0n) is 15.2. The van der Waals surface area contributed by atoms with Crippen LogP contribution in [0.2, 0.25) is 0 Å². The van der Waals surface area contributed by atoms with E-state index in [1.807, 2.05) is 38.1 Å². The summed E-state index contributed by atoms with van der Waals surface area (Å²) in [5.74, 6) is -0.713. The van der Waals surface area contributed by atoms with Gasteiger partial charge in [-0.1, -0.05) is 36.4 Å². The van der Waals surface area contributed by atoms with Crippen LogP contribution in [0.1, 0.15) is 16.7 Å². The molecule has 0 unspecified atom stereocenters. The summed E-state index contributed by atoms with van der Waals surface area (Å²) in [6.07, 6.45) is 0. The second-order valence-corrected chi connectivity index (χ2v) is 6.45. The number of hydrogen-bond donors (Lipinski definition) is 1. The van der Waals surface area contributed by atoms with Gasteiger partial charge in [0.15, 0.2) is 0 Å². The molecule has 1 aliphatic heterocycles. The highest BCUT2D eigenvalue weighted by Crippen LogP contribution is 2.34. The summed E-state index contributed by atoms with van der Waals surface area (Å²) in [6, 6.07) is 14.6. The Morgan fingerprint density at radius 2 is 1.65 bits per heavy atom. The molecule has 3 rings (SSSR count). The van der Waals surface area contributed by atoms with Gasteiger partial charge in [0.05, 0.1) is 17.9 Å². The van der Waals surface area contributed by atoms with Gasteiger partial charge in [0, 0.05) is 13.6 Å². The van der Waals surface area contributed by atoms with Gasteiger partial charge in [-0.25, -0.2) is 4.90 Å². The fourth-order valence-corrected chi connectivity index (χ4v) is 3.10. The minimum Gasteiger partial charge on any atom is -0.395 e. The molecule has 2 amide bonds. The van der Waals surface area contributed by atoms with Gasteiger partial charge < -0.3 is 10.0 Å². The van der Waals surface area contributed by atoms with E-state index in [2.05, 4.69) is 0 Å². The normalized spacial score (nSPS) is 14.4. The highest BCUT2D eigenvalue weighted by molar-refractivity contribution is 6.45. The molecule has 1 aliphatic rings. The smallest absolute Gasteiger partial charge is 0.282 e. The zero-order valence-corrected chi connectivity index (χ0v) is 15.2. The quantitative estimate of drug-likeness (QED) is 0.842. The molecule has 0 aliphatic carbocycles. The van der Waals surface area contributed by atoms with Gasteiger partial charge in [-0.2, -0.15) is 0 Å². The van der Waals surface area contributed by atoms with Gasteiger partial charge in [0.25, 0.3) is 11.8 Å². The van der Waals surface area contributed by atoms with Crippen molar-refractivity contribution in [2.24, 2.45) is 0 Å². The molecule has 26 heavy (non-hydrogen) atoms. The molecule has 134 valence electrons. The van der Waals surface area contributed by atoms with Crippen LogP contribution in [0.5, 0.6) is 0 Å². The Bertz CT molecular complexity index is 887. The number of para-hydroxylation sites is 1. The van der Waals surface area contributed by atoms with Gasteiger partial charge in [0.1, 0.15) is 5.70 Å². The first-order chi connectivity index (χ1) is 12.5. The Kier molecular flexibility index (Phi) is 4.91. The van der Waals surface area contributed by atoms with Crippen molar-refractivity contribution in [3.8, 4) is 0 Å². The summed E-state index contributed by atoms with van der Waals surface area (Å²) in [5.41, 5.74) is 4.11. The Balaban J connectivity index is 2.15. The predicted octanol–water partition coefficient (Wildman–Crippen LogP) is 2.51. The molecule has 5 nitrogen and oxygen atoms in total. The van der Waals surface area contributed by atoms with E-state index in [0.717, 1.165) is 11.1 Å². The zero-order chi connectivity index (χ0) is 18.8. The van der Waals surface area contributed by atoms with Crippen LogP contribution in [0.4, 0.5) is 5.69 Å². The Morgan fingerprint density at radius 3 is 2.27 bits per heavy atom. The second-order valence-electron chi connectivity index (χ2n) is 6.45. The van der Waals surface area contributed by atoms with Crippen molar-refractivity contribution in [2.45, 2.75) is 13.8 Å². The lowest BCUT2D eigenvalue weighted by Crippen LogP contribution is -2.34. The molecular formula is C21H22N2O3. The topological polar surface area (TPSA) is 60.9 Å². The lowest BCUT2D eigenvalue weighted by atomic mass is 9.99. The molecule has 2 aromatic carbocycles. The third kappa shape index (κ3) is 3.02. The molecule has 0 aromatic heterocycles. The second kappa shape index (κ2) is 7.14. The summed E-state index contributed by atoms with van der Waals surface area (Å²) in [4.78, 5) is 29.1. The van der Waals surface area contributed by atoms with Crippen LogP contribution in [0.15, 0.2) is 54.2 Å². The summed E-state index contributed by atoms with van der Waals surface area (Å²) >= 11 is 0. The number of nitrogens with zero attached hydrogens (tertiary/aromatic N) is 2. The SMILES string of the molecule is Cc1ccc(C2=C(N(C)CCO)C(=O)N(c3ccccc3)C2=O)cc1C. The number of benzene rings is 2. The van der Waals surface area contributed by atoms with Gasteiger partial charge >= 0.3 is 0 Å². The van der Waals surface area contributed by atoms with Crippen molar-refractivity contribution in [3.63, 3.8) is 0 Å². The van der Waals surface area contributed by atoms with Crippen molar-refractivity contribution in [2.75, 3.05) is 25.1 Å². The summed E-state index contributed by atoms with van der Waals surface area (Å²) in [5, 5.41) is 9.30. The molecule has 0 bridgehead atoms. The fraction of sp³-hybridized carbons (Fsp3) is 0.238. The highest BCUT2D eigenvalue weighted by Gasteiger charge is 2.41. The number of likely N-dealkylation sites (N-methyl/N-ethyl adjacent to an activating group) is 1. The van der Waals surface area contributed by atoms with Crippen LogP contribution in [0.3, 0.4) is 0 Å². The Hall–Kier alpha value is -2.92. The number of aliphatic hydroxyl groups is 1. The number of carbonyl (C=O) groups excluding carboxylic acids is 2. The van der Waals surface area contributed by atoms with Gasteiger partial charge in [-0.05, 0) is 42.7 Å². The number of rotatable bonds is 5. The lowest BCUT2D eigenvalue weighted by molar-refractivity contribution is -0.120. The maximum absolute atomic E-state index is 13.2. The number of hydrogen-bond acceptors (Lipinski definition) is 4. The standard InChI is InChI=1S/C21H22N2O3/c1-14-9-10-16(13-15(14)2)18-19(22(3)11-12-24)21(26)23(20(18)25)17-7-5-4-6-8-17/h4-10,13,24H,11-12H2,1-3H3. The van der Waals surface area contributed by atoms with Crippen molar-refractivity contribution in [1.82, 2.24) is 4.90 Å². The minimum absolute atomic E-state index is 0.104. The molecule has 1 N–H and O–H groups in total. The van der Waals surface area contributed by atoms with E-state index in [0.29, 0.717) is 22.5 Å². The average molecular weight is 350 g/mol. The van der Waals surface area contributed by atoms with E-state index in [1.54, 1.807) is 36.2 Å². The Morgan fingerprint density at radius 1 is 0.962 bits per heavy atom. The van der Waals surface area contributed by atoms with Gasteiger partial charge in [0.2, 0.25) is 0 Å². The number of amides is 2. The van der Waals surface area contributed by atoms with Crippen LogP contribution in [0.25, 0.3) is 5.57 Å². The number of aryl methyl sites for hydroxylation is 2. The van der Waals surface area contributed by atoms with Crippen molar-refractivity contribution in [3.05, 3.63) is 70.9 Å². The fourth-order valence-electron chi connectivity index (χ4n) is 3.10. The van der Waals surface area contributed by atoms with Crippen molar-refractivity contribution in [1.29, 1.82) is 0 Å². The summed E-state index contributed by atoms with van der Waals surface area (Å²) in [7, 11) is 1.71. The third-order valence-electron chi connectivity index (χ3n) is 4.69. The number of imide groups is 1. The molecular weight excluding hydrogens is 328 g/mol. The third-order valence-corrected chi connectivity index (χ3v) is 4.69. The highest BCUT2D eigenvalue weighted by atomic mass is 16.3. The predicted molar refractivity (Wildman–Crippen MR) is 101 cm³/mol. The molecule has 0 radical (unpaired) electrons. The summed E-state index contributed by atoms with van der Waals surface area (Å²) < 4.78 is 0. The first kappa shape index (κ1) is 17.9. The van der Waals surface area contributed by atoms with Crippen LogP contribution < -0.4 is 4.90 Å². The Labute approximate surface area is 153 Å². The maximum atomic E-state index is 13.2.